The lowest BCUT2D eigenvalue weighted by atomic mass is 9.94. The lowest BCUT2D eigenvalue weighted by Gasteiger charge is -2.26. The molecule has 1 unspecified atom stereocenters. The molecule has 0 heterocycles. The zero-order valence-corrected chi connectivity index (χ0v) is 11.9. The van der Waals surface area contributed by atoms with E-state index < -0.39 is 0 Å². The molecule has 0 spiro atoms. The van der Waals surface area contributed by atoms with Gasteiger partial charge in [0.25, 0.3) is 0 Å². The third-order valence-corrected chi connectivity index (χ3v) is 3.42. The molecule has 1 saturated carbocycles. The molecule has 0 radical (unpaired) electrons. The van der Waals surface area contributed by atoms with Gasteiger partial charge in [-0.1, -0.05) is 40.5 Å². The van der Waals surface area contributed by atoms with Crippen molar-refractivity contribution in [1.29, 1.82) is 0 Å². The smallest absolute Gasteiger partial charge is 0.00744 e. The van der Waals surface area contributed by atoms with Gasteiger partial charge >= 0.3 is 0 Å². The van der Waals surface area contributed by atoms with Gasteiger partial charge in [0.1, 0.15) is 0 Å². The van der Waals surface area contributed by atoms with Gasteiger partial charge in [-0.15, -0.1) is 0 Å². The van der Waals surface area contributed by atoms with Gasteiger partial charge in [-0.25, -0.2) is 0 Å². The maximum absolute atomic E-state index is 3.85. The maximum atomic E-state index is 3.85. The summed E-state index contributed by atoms with van der Waals surface area (Å²) in [4.78, 5) is 0. The maximum Gasteiger partial charge on any atom is 0.00744 e. The Kier molecular flexibility index (Phi) is 5.82. The Morgan fingerprint density at radius 1 is 0.938 bits per heavy atom. The van der Waals surface area contributed by atoms with Crippen molar-refractivity contribution >= 4 is 0 Å². The highest BCUT2D eigenvalue weighted by Gasteiger charge is 2.24. The van der Waals surface area contributed by atoms with Gasteiger partial charge in [-0.2, -0.15) is 0 Å². The quantitative estimate of drug-likeness (QED) is 0.652. The summed E-state index contributed by atoms with van der Waals surface area (Å²) in [6, 6.07) is 1.45. The average Bonchev–Trinajstić information content (AvgIpc) is 2.84. The molecule has 0 saturated heterocycles. The Labute approximate surface area is 102 Å². The summed E-state index contributed by atoms with van der Waals surface area (Å²) in [6.07, 6.45) is 7.00. The summed E-state index contributed by atoms with van der Waals surface area (Å²) < 4.78 is 0. The van der Waals surface area contributed by atoms with Crippen LogP contribution in [0.1, 0.15) is 66.7 Å². The summed E-state index contributed by atoms with van der Waals surface area (Å²) in [5.41, 5.74) is 0. The molecule has 0 aliphatic heterocycles. The summed E-state index contributed by atoms with van der Waals surface area (Å²) in [6.45, 7) is 11.7. The first-order chi connectivity index (χ1) is 7.47. The summed E-state index contributed by atoms with van der Waals surface area (Å²) in [7, 11) is 0. The molecule has 1 atom stereocenters. The molecule has 0 amide bonds. The van der Waals surface area contributed by atoms with E-state index in [9.17, 15) is 0 Å². The van der Waals surface area contributed by atoms with Crippen LogP contribution in [-0.2, 0) is 0 Å². The molecule has 0 bridgehead atoms. The predicted molar refractivity (Wildman–Crippen MR) is 72.6 cm³/mol. The van der Waals surface area contributed by atoms with Crippen LogP contribution in [0.25, 0.3) is 0 Å². The number of hydrogen-bond donors (Lipinski definition) is 1. The van der Waals surface area contributed by atoms with Crippen LogP contribution in [0.4, 0.5) is 0 Å². The van der Waals surface area contributed by atoms with Crippen molar-refractivity contribution in [2.24, 2.45) is 17.8 Å². The summed E-state index contributed by atoms with van der Waals surface area (Å²) in [5.74, 6) is 2.66. The normalized spacial score (nSPS) is 18.8. The van der Waals surface area contributed by atoms with E-state index in [4.69, 9.17) is 0 Å². The second-order valence-electron chi connectivity index (χ2n) is 6.70. The van der Waals surface area contributed by atoms with E-state index in [1.54, 1.807) is 0 Å². The Hall–Kier alpha value is -0.0400. The Balaban J connectivity index is 2.28. The van der Waals surface area contributed by atoms with Crippen LogP contribution in [0.5, 0.6) is 0 Å². The minimum Gasteiger partial charge on any atom is -0.311 e. The summed E-state index contributed by atoms with van der Waals surface area (Å²) >= 11 is 0. The van der Waals surface area contributed by atoms with Gasteiger partial charge < -0.3 is 5.32 Å². The molecular formula is C15H31N. The third-order valence-electron chi connectivity index (χ3n) is 3.42. The van der Waals surface area contributed by atoms with Crippen LogP contribution in [0.2, 0.25) is 0 Å². The average molecular weight is 225 g/mol. The van der Waals surface area contributed by atoms with Gasteiger partial charge in [-0.3, -0.25) is 0 Å². The van der Waals surface area contributed by atoms with Gasteiger partial charge in [-0.05, 0) is 43.9 Å². The minimum atomic E-state index is 0.718. The van der Waals surface area contributed by atoms with Gasteiger partial charge in [0.15, 0.2) is 0 Å². The molecule has 1 heteroatoms. The van der Waals surface area contributed by atoms with Crippen LogP contribution < -0.4 is 5.32 Å². The lowest BCUT2D eigenvalue weighted by molar-refractivity contribution is 0.321. The Morgan fingerprint density at radius 3 is 1.81 bits per heavy atom. The third kappa shape index (κ3) is 6.52. The molecular weight excluding hydrogens is 194 g/mol. The minimum absolute atomic E-state index is 0.718. The Bertz CT molecular complexity index is 172. The summed E-state index contributed by atoms with van der Waals surface area (Å²) in [5, 5.41) is 3.85. The molecule has 16 heavy (non-hydrogen) atoms. The van der Waals surface area contributed by atoms with Gasteiger partial charge in [0.2, 0.25) is 0 Å². The monoisotopic (exact) mass is 225 g/mol. The standard InChI is InChI=1S/C15H31N/c1-11(2)8-15(9-12(3)4)16-13(5)10-14-6-7-14/h11-16H,6-10H2,1-5H3. The molecule has 1 N–H and O–H groups in total. The van der Waals surface area contributed by atoms with E-state index in [-0.39, 0.29) is 0 Å². The first kappa shape index (κ1) is 14.0. The predicted octanol–water partition coefficient (Wildman–Crippen LogP) is 4.23. The van der Waals surface area contributed by atoms with E-state index in [2.05, 4.69) is 39.9 Å². The highest BCUT2D eigenvalue weighted by atomic mass is 14.9. The second-order valence-corrected chi connectivity index (χ2v) is 6.70. The van der Waals surface area contributed by atoms with E-state index >= 15 is 0 Å². The van der Waals surface area contributed by atoms with Crippen molar-refractivity contribution in [3.63, 3.8) is 0 Å². The molecule has 1 rings (SSSR count). The number of hydrogen-bond acceptors (Lipinski definition) is 1. The molecule has 1 aliphatic carbocycles. The number of rotatable bonds is 8. The largest absolute Gasteiger partial charge is 0.311 e. The van der Waals surface area contributed by atoms with Crippen LogP contribution >= 0.6 is 0 Å². The van der Waals surface area contributed by atoms with Crippen molar-refractivity contribution in [3.8, 4) is 0 Å². The van der Waals surface area contributed by atoms with E-state index in [1.807, 2.05) is 0 Å². The van der Waals surface area contributed by atoms with Crippen LogP contribution in [0.3, 0.4) is 0 Å². The van der Waals surface area contributed by atoms with Crippen LogP contribution in [0.15, 0.2) is 0 Å². The molecule has 0 aromatic rings. The van der Waals surface area contributed by atoms with Crippen molar-refractivity contribution in [2.75, 3.05) is 0 Å². The molecule has 1 aliphatic rings. The van der Waals surface area contributed by atoms with Crippen molar-refractivity contribution in [2.45, 2.75) is 78.8 Å². The highest BCUT2D eigenvalue weighted by molar-refractivity contribution is 4.81. The van der Waals surface area contributed by atoms with Crippen molar-refractivity contribution < 1.29 is 0 Å². The van der Waals surface area contributed by atoms with Gasteiger partial charge in [0, 0.05) is 12.1 Å². The fourth-order valence-corrected chi connectivity index (χ4v) is 2.69. The second kappa shape index (κ2) is 6.64. The fraction of sp³-hybridized carbons (Fsp3) is 1.00. The van der Waals surface area contributed by atoms with Crippen LogP contribution in [0, 0.1) is 17.8 Å². The van der Waals surface area contributed by atoms with E-state index in [0.717, 1.165) is 29.8 Å². The molecule has 0 aromatic carbocycles. The molecule has 96 valence electrons. The van der Waals surface area contributed by atoms with Crippen molar-refractivity contribution in [3.05, 3.63) is 0 Å². The fourth-order valence-electron chi connectivity index (χ4n) is 2.69. The molecule has 1 fully saturated rings. The van der Waals surface area contributed by atoms with Crippen molar-refractivity contribution in [1.82, 2.24) is 5.32 Å². The van der Waals surface area contributed by atoms with Gasteiger partial charge in [0.05, 0.1) is 0 Å². The van der Waals surface area contributed by atoms with E-state index in [0.29, 0.717) is 0 Å². The van der Waals surface area contributed by atoms with E-state index in [1.165, 1.54) is 32.1 Å². The van der Waals surface area contributed by atoms with Crippen LogP contribution in [-0.4, -0.2) is 12.1 Å². The number of nitrogens with one attached hydrogen (secondary N) is 1. The molecule has 0 aromatic heterocycles. The molecule has 1 nitrogen and oxygen atoms in total. The first-order valence-electron chi connectivity index (χ1n) is 7.23. The SMILES string of the molecule is CC(C)CC(CC(C)C)NC(C)CC1CC1. The lowest BCUT2D eigenvalue weighted by Crippen LogP contribution is -2.38. The topological polar surface area (TPSA) is 12.0 Å². The Morgan fingerprint density at radius 2 is 1.44 bits per heavy atom. The zero-order valence-electron chi connectivity index (χ0n) is 11.9. The first-order valence-corrected chi connectivity index (χ1v) is 7.23. The highest BCUT2D eigenvalue weighted by Crippen LogP contribution is 2.33. The zero-order chi connectivity index (χ0) is 12.1.